The van der Waals surface area contributed by atoms with Crippen LogP contribution in [0.4, 0.5) is 0 Å². The van der Waals surface area contributed by atoms with E-state index in [0.717, 1.165) is 0 Å². The molecule has 0 aliphatic rings. The second-order valence-corrected chi connectivity index (χ2v) is 2.34. The van der Waals surface area contributed by atoms with Crippen LogP contribution in [-0.2, 0) is 4.79 Å². The zero-order valence-electron chi connectivity index (χ0n) is 6.19. The average Bonchev–Trinajstić information content (AvgIpc) is 1.88. The van der Waals surface area contributed by atoms with Crippen molar-refractivity contribution in [1.29, 1.82) is 0 Å². The number of hydrogen-bond donors (Lipinski definition) is 4. The molecule has 0 aliphatic heterocycles. The van der Waals surface area contributed by atoms with Crippen LogP contribution in [0, 0.1) is 0 Å². The highest BCUT2D eigenvalue weighted by Gasteiger charge is 2.40. The molecule has 0 heterocycles. The SMILES string of the molecule is CCCC(O)C(O)(O)C(=O)O. The van der Waals surface area contributed by atoms with Gasteiger partial charge in [-0.2, -0.15) is 0 Å². The Labute approximate surface area is 63.9 Å². The lowest BCUT2D eigenvalue weighted by Gasteiger charge is -2.21. The summed E-state index contributed by atoms with van der Waals surface area (Å²) in [5, 5.41) is 34.4. The van der Waals surface area contributed by atoms with Crippen molar-refractivity contribution in [2.75, 3.05) is 0 Å². The van der Waals surface area contributed by atoms with Crippen LogP contribution >= 0.6 is 0 Å². The van der Waals surface area contributed by atoms with Crippen LogP contribution in [-0.4, -0.2) is 38.3 Å². The van der Waals surface area contributed by atoms with E-state index in [4.69, 9.17) is 20.4 Å². The van der Waals surface area contributed by atoms with E-state index in [1.807, 2.05) is 0 Å². The van der Waals surface area contributed by atoms with E-state index in [0.29, 0.717) is 6.42 Å². The molecule has 1 atom stereocenters. The molecule has 0 aromatic carbocycles. The molecule has 0 spiro atoms. The van der Waals surface area contributed by atoms with Crippen LogP contribution in [0.3, 0.4) is 0 Å². The van der Waals surface area contributed by atoms with Crippen LogP contribution in [0.25, 0.3) is 0 Å². The van der Waals surface area contributed by atoms with E-state index in [1.165, 1.54) is 0 Å². The highest BCUT2D eigenvalue weighted by Crippen LogP contribution is 2.11. The minimum absolute atomic E-state index is 0.0410. The molecule has 5 nitrogen and oxygen atoms in total. The first-order valence-electron chi connectivity index (χ1n) is 3.29. The maximum Gasteiger partial charge on any atom is 0.366 e. The number of carboxylic acids is 1. The summed E-state index contributed by atoms with van der Waals surface area (Å²) in [6.07, 6.45) is -1.11. The van der Waals surface area contributed by atoms with E-state index in [-0.39, 0.29) is 6.42 Å². The molecular weight excluding hydrogens is 152 g/mol. The zero-order valence-corrected chi connectivity index (χ0v) is 6.19. The Morgan fingerprint density at radius 3 is 2.27 bits per heavy atom. The summed E-state index contributed by atoms with van der Waals surface area (Å²) >= 11 is 0. The predicted octanol–water partition coefficient (Wildman–Crippen LogP) is -1.09. The van der Waals surface area contributed by atoms with Crippen molar-refractivity contribution < 1.29 is 25.2 Å². The number of aliphatic carboxylic acids is 1. The minimum atomic E-state index is -3.02. The summed E-state index contributed by atoms with van der Waals surface area (Å²) in [4.78, 5) is 10.1. The Morgan fingerprint density at radius 2 is 2.00 bits per heavy atom. The van der Waals surface area contributed by atoms with Gasteiger partial charge in [0.05, 0.1) is 0 Å². The largest absolute Gasteiger partial charge is 0.477 e. The minimum Gasteiger partial charge on any atom is -0.477 e. The van der Waals surface area contributed by atoms with E-state index < -0.39 is 17.9 Å². The number of carboxylic acid groups (broad SMARTS) is 1. The third-order valence-corrected chi connectivity index (χ3v) is 1.34. The number of rotatable bonds is 4. The normalized spacial score (nSPS) is 14.5. The standard InChI is InChI=1S/C6H12O5/c1-2-3-4(7)6(10,11)5(8)9/h4,7,10-11H,2-3H2,1H3,(H,8,9). The van der Waals surface area contributed by atoms with Crippen LogP contribution in [0.1, 0.15) is 19.8 Å². The quantitative estimate of drug-likeness (QED) is 0.396. The Hall–Kier alpha value is -0.650. The smallest absolute Gasteiger partial charge is 0.366 e. The second-order valence-electron chi connectivity index (χ2n) is 2.34. The first-order valence-corrected chi connectivity index (χ1v) is 3.29. The highest BCUT2D eigenvalue weighted by molar-refractivity contribution is 5.75. The molecule has 0 rings (SSSR count). The highest BCUT2D eigenvalue weighted by atomic mass is 16.6. The Kier molecular flexibility index (Phi) is 3.44. The van der Waals surface area contributed by atoms with E-state index in [9.17, 15) is 4.79 Å². The third kappa shape index (κ3) is 2.45. The molecule has 0 aromatic heterocycles. The van der Waals surface area contributed by atoms with E-state index >= 15 is 0 Å². The molecule has 0 aromatic rings. The zero-order chi connectivity index (χ0) is 9.07. The summed E-state index contributed by atoms with van der Waals surface area (Å²) in [6.45, 7) is 1.70. The molecule has 5 heteroatoms. The van der Waals surface area contributed by atoms with Crippen molar-refractivity contribution in [2.24, 2.45) is 0 Å². The number of carbonyl (C=O) groups is 1. The van der Waals surface area contributed by atoms with Gasteiger partial charge in [-0.05, 0) is 6.42 Å². The molecule has 1 unspecified atom stereocenters. The molecular formula is C6H12O5. The molecule has 0 amide bonds. The lowest BCUT2D eigenvalue weighted by atomic mass is 10.1. The fraction of sp³-hybridized carbons (Fsp3) is 0.833. The number of aliphatic hydroxyl groups excluding tert-OH is 1. The van der Waals surface area contributed by atoms with Gasteiger partial charge in [0.1, 0.15) is 6.10 Å². The van der Waals surface area contributed by atoms with Gasteiger partial charge in [-0.3, -0.25) is 0 Å². The summed E-state index contributed by atoms with van der Waals surface area (Å²) < 4.78 is 0. The molecule has 0 bridgehead atoms. The van der Waals surface area contributed by atoms with E-state index in [1.54, 1.807) is 6.92 Å². The maximum absolute atomic E-state index is 10.1. The molecule has 66 valence electrons. The Morgan fingerprint density at radius 1 is 1.55 bits per heavy atom. The topological polar surface area (TPSA) is 98.0 Å². The number of aliphatic hydroxyl groups is 3. The third-order valence-electron chi connectivity index (χ3n) is 1.34. The van der Waals surface area contributed by atoms with E-state index in [2.05, 4.69) is 0 Å². The van der Waals surface area contributed by atoms with Crippen LogP contribution in [0.5, 0.6) is 0 Å². The van der Waals surface area contributed by atoms with Crippen molar-refractivity contribution in [3.63, 3.8) is 0 Å². The fourth-order valence-corrected chi connectivity index (χ4v) is 0.617. The van der Waals surface area contributed by atoms with Gasteiger partial charge in [0, 0.05) is 0 Å². The van der Waals surface area contributed by atoms with Crippen LogP contribution < -0.4 is 0 Å². The molecule has 0 fully saturated rings. The first kappa shape index (κ1) is 10.3. The number of hydrogen-bond acceptors (Lipinski definition) is 4. The van der Waals surface area contributed by atoms with Crippen LogP contribution in [0.15, 0.2) is 0 Å². The molecule has 0 aliphatic carbocycles. The molecule has 0 saturated carbocycles. The van der Waals surface area contributed by atoms with Gasteiger partial charge in [0.15, 0.2) is 0 Å². The average molecular weight is 164 g/mol. The maximum atomic E-state index is 10.1. The van der Waals surface area contributed by atoms with Gasteiger partial charge in [-0.15, -0.1) is 0 Å². The van der Waals surface area contributed by atoms with Crippen LogP contribution in [0.2, 0.25) is 0 Å². The molecule has 0 saturated heterocycles. The summed E-state index contributed by atoms with van der Waals surface area (Å²) in [5.74, 6) is -4.85. The van der Waals surface area contributed by atoms with Gasteiger partial charge >= 0.3 is 5.97 Å². The van der Waals surface area contributed by atoms with Gasteiger partial charge in [0.25, 0.3) is 5.79 Å². The van der Waals surface area contributed by atoms with Crippen molar-refractivity contribution >= 4 is 5.97 Å². The summed E-state index contributed by atoms with van der Waals surface area (Å²) in [5.41, 5.74) is 0. The molecule has 11 heavy (non-hydrogen) atoms. The van der Waals surface area contributed by atoms with Crippen molar-refractivity contribution in [3.05, 3.63) is 0 Å². The second kappa shape index (κ2) is 3.66. The molecule has 0 radical (unpaired) electrons. The Balaban J connectivity index is 4.17. The van der Waals surface area contributed by atoms with Gasteiger partial charge in [-0.25, -0.2) is 4.79 Å². The fourth-order valence-electron chi connectivity index (χ4n) is 0.617. The van der Waals surface area contributed by atoms with Crippen molar-refractivity contribution in [3.8, 4) is 0 Å². The predicted molar refractivity (Wildman–Crippen MR) is 35.7 cm³/mol. The lowest BCUT2D eigenvalue weighted by Crippen LogP contribution is -2.49. The molecule has 4 N–H and O–H groups in total. The van der Waals surface area contributed by atoms with Gasteiger partial charge in [-0.1, -0.05) is 13.3 Å². The summed E-state index contributed by atoms with van der Waals surface area (Å²) in [7, 11) is 0. The first-order chi connectivity index (χ1) is 4.92. The lowest BCUT2D eigenvalue weighted by molar-refractivity contribution is -0.237. The van der Waals surface area contributed by atoms with Crippen molar-refractivity contribution in [1.82, 2.24) is 0 Å². The Bertz CT molecular complexity index is 142. The van der Waals surface area contributed by atoms with Gasteiger partial charge < -0.3 is 20.4 Å². The summed E-state index contributed by atoms with van der Waals surface area (Å²) in [6, 6.07) is 0. The van der Waals surface area contributed by atoms with Crippen molar-refractivity contribution in [2.45, 2.75) is 31.7 Å². The van der Waals surface area contributed by atoms with Gasteiger partial charge in [0.2, 0.25) is 0 Å². The monoisotopic (exact) mass is 164 g/mol.